The molecule has 5 nitrogen and oxygen atoms in total. The second-order valence-electron chi connectivity index (χ2n) is 6.56. The van der Waals surface area contributed by atoms with Crippen molar-refractivity contribution in [3.05, 3.63) is 70.2 Å². The third-order valence-electron chi connectivity index (χ3n) is 4.67. The number of rotatable bonds is 4. The van der Waals surface area contributed by atoms with Gasteiger partial charge in [0.25, 0.3) is 5.91 Å². The van der Waals surface area contributed by atoms with Crippen LogP contribution in [0.2, 0.25) is 0 Å². The average molecular weight is 458 g/mol. The molecule has 1 fully saturated rings. The third-order valence-corrected chi connectivity index (χ3v) is 5.20. The van der Waals surface area contributed by atoms with Crippen molar-refractivity contribution in [3.63, 3.8) is 0 Å². The number of aliphatic hydroxyl groups is 2. The summed E-state index contributed by atoms with van der Waals surface area (Å²) in [5, 5.41) is 21.0. The zero-order valence-electron chi connectivity index (χ0n) is 14.3. The quantitative estimate of drug-likeness (QED) is 0.691. The van der Waals surface area contributed by atoms with Crippen LogP contribution in [0.15, 0.2) is 59.1 Å². The molecular formula is C19H15BrF3NO4. The standard InChI is InChI=1S/C19H15BrF3NO4/c20-14-8-6-12(7-9-14)10-24-16(26)17(27,19(21,22)23)11-18(24,28)15(25)13-4-2-1-3-5-13/h1-9,27-28H,10-11H2/t17-,18-/m1/s1. The highest BCUT2D eigenvalue weighted by atomic mass is 79.9. The Morgan fingerprint density at radius 1 is 1.07 bits per heavy atom. The van der Waals surface area contributed by atoms with Gasteiger partial charge in [-0.2, -0.15) is 13.2 Å². The number of carbonyl (C=O) groups is 2. The van der Waals surface area contributed by atoms with Crippen molar-refractivity contribution >= 4 is 27.6 Å². The fourth-order valence-corrected chi connectivity index (χ4v) is 3.40. The van der Waals surface area contributed by atoms with E-state index < -0.39 is 42.2 Å². The number of alkyl halides is 3. The molecular weight excluding hydrogens is 443 g/mol. The van der Waals surface area contributed by atoms with Crippen molar-refractivity contribution in [2.75, 3.05) is 0 Å². The molecule has 0 aliphatic carbocycles. The lowest BCUT2D eigenvalue weighted by atomic mass is 9.91. The normalized spacial score (nSPS) is 25.2. The van der Waals surface area contributed by atoms with Gasteiger partial charge in [0.15, 0.2) is 0 Å². The zero-order chi connectivity index (χ0) is 20.7. The average Bonchev–Trinajstić information content (AvgIpc) is 2.85. The third kappa shape index (κ3) is 3.34. The molecule has 28 heavy (non-hydrogen) atoms. The number of hydrogen-bond acceptors (Lipinski definition) is 4. The fraction of sp³-hybridized carbons (Fsp3) is 0.263. The molecule has 0 unspecified atom stereocenters. The van der Waals surface area contributed by atoms with E-state index in [9.17, 15) is 33.0 Å². The molecule has 2 N–H and O–H groups in total. The van der Waals surface area contributed by atoms with E-state index >= 15 is 0 Å². The SMILES string of the molecule is O=C(c1ccccc1)[C@]1(O)C[C@](O)(C(F)(F)F)C(=O)N1Cc1ccc(Br)cc1. The minimum Gasteiger partial charge on any atom is -0.372 e. The zero-order valence-corrected chi connectivity index (χ0v) is 15.9. The largest absolute Gasteiger partial charge is 0.426 e. The summed E-state index contributed by atoms with van der Waals surface area (Å²) < 4.78 is 41.0. The molecule has 0 saturated carbocycles. The Morgan fingerprint density at radius 2 is 1.64 bits per heavy atom. The van der Waals surface area contributed by atoms with Crippen LogP contribution in [0.4, 0.5) is 13.2 Å². The van der Waals surface area contributed by atoms with Crippen LogP contribution in [0.25, 0.3) is 0 Å². The fourth-order valence-electron chi connectivity index (χ4n) is 3.14. The lowest BCUT2D eigenvalue weighted by Crippen LogP contribution is -2.52. The molecule has 1 aliphatic rings. The summed E-state index contributed by atoms with van der Waals surface area (Å²) in [5.74, 6) is -2.87. The molecule has 0 radical (unpaired) electrons. The number of halogens is 4. The van der Waals surface area contributed by atoms with Crippen LogP contribution < -0.4 is 0 Å². The lowest BCUT2D eigenvalue weighted by Gasteiger charge is -2.31. The maximum Gasteiger partial charge on any atom is 0.426 e. The van der Waals surface area contributed by atoms with Crippen molar-refractivity contribution in [3.8, 4) is 0 Å². The minimum absolute atomic E-state index is 0.0787. The van der Waals surface area contributed by atoms with Gasteiger partial charge in [0.05, 0.1) is 6.42 Å². The highest BCUT2D eigenvalue weighted by Gasteiger charge is 2.72. The van der Waals surface area contributed by atoms with E-state index in [2.05, 4.69) is 15.9 Å². The summed E-state index contributed by atoms with van der Waals surface area (Å²) in [4.78, 5) is 25.8. The number of Topliss-reactive ketones (excluding diaryl/α,β-unsaturated/α-hetero) is 1. The van der Waals surface area contributed by atoms with E-state index in [1.165, 1.54) is 36.4 Å². The van der Waals surface area contributed by atoms with Gasteiger partial charge in [-0.05, 0) is 17.7 Å². The topological polar surface area (TPSA) is 77.8 Å². The Balaban J connectivity index is 2.07. The van der Waals surface area contributed by atoms with Gasteiger partial charge in [-0.3, -0.25) is 9.59 Å². The van der Waals surface area contributed by atoms with Crippen molar-refractivity contribution < 1.29 is 33.0 Å². The Hall–Kier alpha value is -2.23. The van der Waals surface area contributed by atoms with Crippen molar-refractivity contribution in [2.45, 2.75) is 30.5 Å². The number of ketones is 1. The van der Waals surface area contributed by atoms with Gasteiger partial charge in [0.2, 0.25) is 17.1 Å². The molecule has 1 aliphatic heterocycles. The molecule has 0 bridgehead atoms. The van der Waals surface area contributed by atoms with Crippen molar-refractivity contribution in [1.29, 1.82) is 0 Å². The van der Waals surface area contributed by atoms with Gasteiger partial charge in [0, 0.05) is 16.6 Å². The second kappa shape index (κ2) is 6.98. The van der Waals surface area contributed by atoms with Gasteiger partial charge < -0.3 is 15.1 Å². The molecule has 148 valence electrons. The maximum atomic E-state index is 13.4. The lowest BCUT2D eigenvalue weighted by molar-refractivity contribution is -0.250. The van der Waals surface area contributed by atoms with Crippen molar-refractivity contribution in [1.82, 2.24) is 4.90 Å². The van der Waals surface area contributed by atoms with E-state index in [0.717, 1.165) is 0 Å². The predicted octanol–water partition coefficient (Wildman–Crippen LogP) is 3.05. The monoisotopic (exact) mass is 457 g/mol. The summed E-state index contributed by atoms with van der Waals surface area (Å²) in [6, 6.07) is 13.4. The molecule has 1 saturated heterocycles. The first kappa shape index (κ1) is 20.5. The molecule has 1 amide bonds. The number of benzene rings is 2. The van der Waals surface area contributed by atoms with E-state index in [1.807, 2.05) is 0 Å². The van der Waals surface area contributed by atoms with Crippen LogP contribution in [0.1, 0.15) is 22.3 Å². The van der Waals surface area contributed by atoms with E-state index in [1.54, 1.807) is 18.2 Å². The Labute approximate surface area is 166 Å². The molecule has 3 rings (SSSR count). The van der Waals surface area contributed by atoms with Crippen LogP contribution >= 0.6 is 15.9 Å². The van der Waals surface area contributed by atoms with Gasteiger partial charge in [-0.25, -0.2) is 0 Å². The molecule has 0 spiro atoms. The number of nitrogens with zero attached hydrogens (tertiary/aromatic N) is 1. The highest BCUT2D eigenvalue weighted by Crippen LogP contribution is 2.46. The first-order chi connectivity index (χ1) is 13.0. The summed E-state index contributed by atoms with van der Waals surface area (Å²) in [6.07, 6.45) is -6.86. The molecule has 2 aromatic carbocycles. The maximum absolute atomic E-state index is 13.4. The smallest absolute Gasteiger partial charge is 0.372 e. The molecule has 0 aromatic heterocycles. The molecule has 2 aromatic rings. The summed E-state index contributed by atoms with van der Waals surface area (Å²) >= 11 is 3.22. The van der Waals surface area contributed by atoms with Gasteiger partial charge in [-0.1, -0.05) is 58.4 Å². The van der Waals surface area contributed by atoms with Crippen LogP contribution in [-0.2, 0) is 11.3 Å². The number of likely N-dealkylation sites (tertiary alicyclic amines) is 1. The Kier molecular flexibility index (Phi) is 5.11. The van der Waals surface area contributed by atoms with Gasteiger partial charge >= 0.3 is 6.18 Å². The summed E-state index contributed by atoms with van der Waals surface area (Å²) in [7, 11) is 0. The van der Waals surface area contributed by atoms with Crippen LogP contribution in [0.5, 0.6) is 0 Å². The first-order valence-corrected chi connectivity index (χ1v) is 8.96. The van der Waals surface area contributed by atoms with Gasteiger partial charge in [0.1, 0.15) is 0 Å². The molecule has 9 heteroatoms. The number of carbonyl (C=O) groups excluding carboxylic acids is 2. The van der Waals surface area contributed by atoms with E-state index in [0.29, 0.717) is 14.9 Å². The van der Waals surface area contributed by atoms with Gasteiger partial charge in [-0.15, -0.1) is 0 Å². The number of amides is 1. The van der Waals surface area contributed by atoms with Crippen LogP contribution in [-0.4, -0.2) is 44.3 Å². The van der Waals surface area contributed by atoms with Crippen molar-refractivity contribution in [2.24, 2.45) is 0 Å². The summed E-state index contributed by atoms with van der Waals surface area (Å²) in [6.45, 7) is -0.487. The molecule has 1 heterocycles. The predicted molar refractivity (Wildman–Crippen MR) is 96.0 cm³/mol. The molecule has 2 atom stereocenters. The van der Waals surface area contributed by atoms with Crippen LogP contribution in [0, 0.1) is 0 Å². The van der Waals surface area contributed by atoms with E-state index in [-0.39, 0.29) is 5.56 Å². The Morgan fingerprint density at radius 3 is 2.18 bits per heavy atom. The van der Waals surface area contributed by atoms with Crippen LogP contribution in [0.3, 0.4) is 0 Å². The highest BCUT2D eigenvalue weighted by molar-refractivity contribution is 9.10. The second-order valence-corrected chi connectivity index (χ2v) is 7.48. The van der Waals surface area contributed by atoms with E-state index in [4.69, 9.17) is 0 Å². The summed E-state index contributed by atoms with van der Waals surface area (Å²) in [5.41, 5.74) is -6.41. The minimum atomic E-state index is -5.36. The number of hydrogen-bond donors (Lipinski definition) is 2. The first-order valence-electron chi connectivity index (χ1n) is 8.17. The Bertz CT molecular complexity index is 904.